The fourth-order valence-electron chi connectivity index (χ4n) is 4.14. The van der Waals surface area contributed by atoms with Crippen molar-refractivity contribution in [1.82, 2.24) is 0 Å². The first-order valence-electron chi connectivity index (χ1n) is 11.8. The molecule has 4 nitrogen and oxygen atoms in total. The van der Waals surface area contributed by atoms with Crippen LogP contribution in [0.25, 0.3) is 5.57 Å². The van der Waals surface area contributed by atoms with Gasteiger partial charge in [-0.05, 0) is 54.8 Å². The first kappa shape index (κ1) is 25.4. The summed E-state index contributed by atoms with van der Waals surface area (Å²) < 4.78 is 28.5. The van der Waals surface area contributed by atoms with Gasteiger partial charge in [-0.15, -0.1) is 0 Å². The molecule has 1 N–H and O–H groups in total. The molecule has 0 fully saturated rings. The minimum Gasteiger partial charge on any atom is -0.383 e. The van der Waals surface area contributed by atoms with Crippen molar-refractivity contribution in [2.75, 3.05) is 19.0 Å². The first-order chi connectivity index (χ1) is 17.2. The smallest absolute Gasteiger partial charge is 0.206 e. The fraction of sp³-hybridized carbons (Fsp3) is 0.161. The summed E-state index contributed by atoms with van der Waals surface area (Å²) in [6.07, 6.45) is -1.37. The summed E-state index contributed by atoms with van der Waals surface area (Å²) in [6, 6.07) is 31.2. The van der Waals surface area contributed by atoms with Gasteiger partial charge in [-0.3, -0.25) is 0 Å². The Morgan fingerprint density at radius 2 is 1.19 bits per heavy atom. The molecular weight excluding hydrogens is 466 g/mol. The lowest BCUT2D eigenvalue weighted by Gasteiger charge is -2.23. The SMILES string of the molecule is Cc1ccc(/C(=C(/C(O)c2ccc(N(C)C)cc2)S(=O)(=O)c2ccc(C)cc2)c2ccccc2)cc1. The second-order valence-corrected chi connectivity index (χ2v) is 11.1. The number of rotatable bonds is 7. The van der Waals surface area contributed by atoms with E-state index in [9.17, 15) is 13.5 Å². The molecule has 0 saturated carbocycles. The molecule has 4 aromatic carbocycles. The molecule has 1 unspecified atom stereocenters. The van der Waals surface area contributed by atoms with Crippen molar-refractivity contribution in [2.24, 2.45) is 0 Å². The lowest BCUT2D eigenvalue weighted by atomic mass is 9.94. The van der Waals surface area contributed by atoms with Crippen molar-refractivity contribution in [3.05, 3.63) is 136 Å². The Kier molecular flexibility index (Phi) is 7.43. The van der Waals surface area contributed by atoms with E-state index in [1.807, 2.05) is 99.6 Å². The highest BCUT2D eigenvalue weighted by Gasteiger charge is 2.32. The minimum absolute atomic E-state index is 0.0426. The lowest BCUT2D eigenvalue weighted by molar-refractivity contribution is 0.224. The third-order valence-corrected chi connectivity index (χ3v) is 8.14. The Morgan fingerprint density at radius 3 is 1.72 bits per heavy atom. The Bertz CT molecular complexity index is 1450. The van der Waals surface area contributed by atoms with E-state index < -0.39 is 15.9 Å². The second kappa shape index (κ2) is 10.5. The predicted octanol–water partition coefficient (Wildman–Crippen LogP) is 6.34. The standard InChI is InChI=1S/C31H31NO3S/c1-22-10-14-25(15-11-22)29(24-8-6-5-7-9-24)31(36(34,35)28-20-12-23(2)13-21-28)30(33)26-16-18-27(19-17-26)32(3)4/h5-21,30,33H,1-4H3/b31-29-. The van der Waals surface area contributed by atoms with Gasteiger partial charge in [0, 0.05) is 25.4 Å². The average Bonchev–Trinajstić information content (AvgIpc) is 2.88. The average molecular weight is 498 g/mol. The third-order valence-electron chi connectivity index (χ3n) is 6.24. The minimum atomic E-state index is -4.08. The van der Waals surface area contributed by atoms with Crippen molar-refractivity contribution < 1.29 is 13.5 Å². The number of aliphatic hydroxyl groups is 1. The summed E-state index contributed by atoms with van der Waals surface area (Å²) in [6.45, 7) is 3.90. The van der Waals surface area contributed by atoms with Crippen LogP contribution in [0.3, 0.4) is 0 Å². The molecule has 4 rings (SSSR count). The molecule has 36 heavy (non-hydrogen) atoms. The van der Waals surface area contributed by atoms with Gasteiger partial charge in [-0.25, -0.2) is 8.42 Å². The maximum Gasteiger partial charge on any atom is 0.206 e. The van der Waals surface area contributed by atoms with E-state index in [1.54, 1.807) is 36.4 Å². The van der Waals surface area contributed by atoms with Crippen molar-refractivity contribution >= 4 is 21.1 Å². The van der Waals surface area contributed by atoms with Crippen LogP contribution in [0.15, 0.2) is 113 Å². The van der Waals surface area contributed by atoms with E-state index in [0.29, 0.717) is 11.1 Å². The van der Waals surface area contributed by atoms with Gasteiger partial charge >= 0.3 is 0 Å². The molecule has 0 amide bonds. The van der Waals surface area contributed by atoms with Gasteiger partial charge in [0.15, 0.2) is 0 Å². The van der Waals surface area contributed by atoms with Crippen molar-refractivity contribution in [1.29, 1.82) is 0 Å². The molecule has 5 heteroatoms. The zero-order valence-corrected chi connectivity index (χ0v) is 21.8. The normalized spacial score (nSPS) is 13.1. The highest BCUT2D eigenvalue weighted by molar-refractivity contribution is 7.95. The summed E-state index contributed by atoms with van der Waals surface area (Å²) in [5.74, 6) is 0. The summed E-state index contributed by atoms with van der Waals surface area (Å²) in [4.78, 5) is 2.06. The van der Waals surface area contributed by atoms with Crippen LogP contribution >= 0.6 is 0 Å². The van der Waals surface area contributed by atoms with Gasteiger partial charge in [0.05, 0.1) is 9.80 Å². The molecule has 0 saturated heterocycles. The highest BCUT2D eigenvalue weighted by atomic mass is 32.2. The van der Waals surface area contributed by atoms with Crippen molar-refractivity contribution in [3.8, 4) is 0 Å². The van der Waals surface area contributed by atoms with Crippen LogP contribution in [0, 0.1) is 13.8 Å². The van der Waals surface area contributed by atoms with E-state index in [2.05, 4.69) is 0 Å². The summed E-state index contributed by atoms with van der Waals surface area (Å²) >= 11 is 0. The Hall–Kier alpha value is -3.67. The molecule has 0 aliphatic rings. The number of hydrogen-bond acceptors (Lipinski definition) is 4. The van der Waals surface area contributed by atoms with E-state index in [1.165, 1.54) is 0 Å². The van der Waals surface area contributed by atoms with Gasteiger partial charge in [-0.2, -0.15) is 0 Å². The molecule has 0 radical (unpaired) electrons. The second-order valence-electron chi connectivity index (χ2n) is 9.18. The summed E-state index contributed by atoms with van der Waals surface area (Å²) in [5, 5.41) is 11.8. The molecule has 0 aliphatic heterocycles. The number of anilines is 1. The molecule has 184 valence electrons. The first-order valence-corrected chi connectivity index (χ1v) is 13.3. The van der Waals surface area contributed by atoms with Gasteiger partial charge in [0.2, 0.25) is 9.84 Å². The van der Waals surface area contributed by atoms with Gasteiger partial charge in [-0.1, -0.05) is 90.0 Å². The molecule has 0 spiro atoms. The number of nitrogens with zero attached hydrogens (tertiary/aromatic N) is 1. The number of benzene rings is 4. The van der Waals surface area contributed by atoms with Crippen LogP contribution in [0.1, 0.15) is 33.9 Å². The van der Waals surface area contributed by atoms with Crippen molar-refractivity contribution in [2.45, 2.75) is 24.8 Å². The fourth-order valence-corrected chi connectivity index (χ4v) is 5.83. The molecular formula is C31H31NO3S. The number of sulfone groups is 1. The van der Waals surface area contributed by atoms with Crippen LogP contribution in [0.2, 0.25) is 0 Å². The lowest BCUT2D eigenvalue weighted by Crippen LogP contribution is -2.16. The van der Waals surface area contributed by atoms with Crippen molar-refractivity contribution in [3.63, 3.8) is 0 Å². The van der Waals surface area contributed by atoms with Crippen LogP contribution in [-0.2, 0) is 9.84 Å². The van der Waals surface area contributed by atoms with E-state index in [0.717, 1.165) is 27.9 Å². The monoisotopic (exact) mass is 497 g/mol. The van der Waals surface area contributed by atoms with Crippen LogP contribution in [0.5, 0.6) is 0 Å². The maximum atomic E-state index is 14.3. The number of aliphatic hydroxyl groups excluding tert-OH is 1. The van der Waals surface area contributed by atoms with Crippen LogP contribution < -0.4 is 4.90 Å². The van der Waals surface area contributed by atoms with Gasteiger partial charge in [0.25, 0.3) is 0 Å². The van der Waals surface area contributed by atoms with Crippen LogP contribution in [0.4, 0.5) is 5.69 Å². The maximum absolute atomic E-state index is 14.3. The predicted molar refractivity (Wildman–Crippen MR) is 148 cm³/mol. The van der Waals surface area contributed by atoms with E-state index in [4.69, 9.17) is 0 Å². The molecule has 0 heterocycles. The van der Waals surface area contributed by atoms with Gasteiger partial charge < -0.3 is 10.0 Å². The molecule has 4 aromatic rings. The van der Waals surface area contributed by atoms with Crippen LogP contribution in [-0.4, -0.2) is 27.6 Å². The zero-order chi connectivity index (χ0) is 25.9. The largest absolute Gasteiger partial charge is 0.383 e. The number of hydrogen-bond donors (Lipinski definition) is 1. The molecule has 1 atom stereocenters. The molecule has 0 bridgehead atoms. The quantitative estimate of drug-likeness (QED) is 0.324. The topological polar surface area (TPSA) is 57.6 Å². The third kappa shape index (κ3) is 5.27. The van der Waals surface area contributed by atoms with E-state index >= 15 is 0 Å². The summed E-state index contributed by atoms with van der Waals surface area (Å²) in [5.41, 5.74) is 5.42. The Morgan fingerprint density at radius 1 is 0.694 bits per heavy atom. The van der Waals surface area contributed by atoms with Gasteiger partial charge in [0.1, 0.15) is 6.10 Å². The zero-order valence-electron chi connectivity index (χ0n) is 21.0. The number of aryl methyl sites for hydroxylation is 2. The highest BCUT2D eigenvalue weighted by Crippen LogP contribution is 2.40. The molecule has 0 aromatic heterocycles. The molecule has 0 aliphatic carbocycles. The summed E-state index contributed by atoms with van der Waals surface area (Å²) in [7, 11) is -0.210. The Labute approximate surface area is 214 Å². The Balaban J connectivity index is 2.05. The van der Waals surface area contributed by atoms with E-state index in [-0.39, 0.29) is 9.80 Å².